The molecule has 0 N–H and O–H groups in total. The minimum Gasteiger partial charge on any atom is -0.456 e. The van der Waals surface area contributed by atoms with Crippen LogP contribution in [0.2, 0.25) is 0 Å². The molecule has 0 saturated carbocycles. The van der Waals surface area contributed by atoms with Crippen molar-refractivity contribution >= 4 is 17.6 Å². The van der Waals surface area contributed by atoms with Crippen molar-refractivity contribution in [1.29, 1.82) is 0 Å². The molecular weight excluding hydrogens is 316 g/mol. The van der Waals surface area contributed by atoms with E-state index in [1.165, 1.54) is 17.4 Å². The summed E-state index contributed by atoms with van der Waals surface area (Å²) in [6.45, 7) is 0.207. The first-order chi connectivity index (χ1) is 10.9. The number of carbonyl (C=O) groups excluding carboxylic acids is 2. The van der Waals surface area contributed by atoms with Crippen LogP contribution in [0.4, 0.5) is 13.6 Å². The fourth-order valence-corrected chi connectivity index (χ4v) is 2.47. The molecule has 23 heavy (non-hydrogen) atoms. The van der Waals surface area contributed by atoms with Crippen molar-refractivity contribution in [3.05, 3.63) is 24.1 Å². The molecule has 10 heteroatoms. The maximum absolute atomic E-state index is 13.8. The third kappa shape index (κ3) is 3.02. The quantitative estimate of drug-likeness (QED) is 0.756. The molecule has 8 nitrogen and oxygen atoms in total. The number of hydroxylamine groups is 2. The summed E-state index contributed by atoms with van der Waals surface area (Å²) in [5, 5.41) is 4.17. The number of hydrogen-bond acceptors (Lipinski definition) is 6. The van der Waals surface area contributed by atoms with Gasteiger partial charge in [-0.1, -0.05) is 11.2 Å². The molecule has 1 fully saturated rings. The average molecular weight is 329 g/mol. The highest BCUT2D eigenvalue weighted by atomic mass is 19.3. The van der Waals surface area contributed by atoms with Gasteiger partial charge in [-0.2, -0.15) is 18.7 Å². The lowest BCUT2D eigenvalue weighted by Gasteiger charge is -2.27. The largest absolute Gasteiger partial charge is 0.456 e. The maximum atomic E-state index is 13.8. The highest BCUT2D eigenvalue weighted by molar-refractivity contribution is 5.84. The molecule has 2 amide bonds. The van der Waals surface area contributed by atoms with Crippen LogP contribution in [0.15, 0.2) is 23.1 Å². The van der Waals surface area contributed by atoms with Gasteiger partial charge in [0.15, 0.2) is 6.61 Å². The number of rotatable bonds is 5. The van der Waals surface area contributed by atoms with Crippen LogP contribution >= 0.6 is 0 Å². The molecule has 2 bridgehead atoms. The number of hydrogen-bond donors (Lipinski definition) is 0. The number of nitrogens with zero attached hydrogens (tertiary/aromatic N) is 3. The Bertz CT molecular complexity index is 646. The molecular formula is C13H13F2N3O5. The van der Waals surface area contributed by atoms with Crippen LogP contribution in [0, 0.1) is 0 Å². The molecule has 3 heterocycles. The van der Waals surface area contributed by atoms with E-state index in [-0.39, 0.29) is 13.1 Å². The lowest BCUT2D eigenvalue weighted by atomic mass is 9.99. The number of aromatic nitrogens is 1. The molecule has 1 aromatic heterocycles. The van der Waals surface area contributed by atoms with Gasteiger partial charge in [-0.3, -0.25) is 4.79 Å². The molecule has 124 valence electrons. The summed E-state index contributed by atoms with van der Waals surface area (Å²) in [7, 11) is 0. The monoisotopic (exact) mass is 329 g/mol. The molecule has 1 aromatic rings. The molecule has 1 saturated heterocycles. The van der Waals surface area contributed by atoms with Crippen molar-refractivity contribution in [3.63, 3.8) is 0 Å². The van der Waals surface area contributed by atoms with E-state index in [1.54, 1.807) is 6.08 Å². The first-order valence-corrected chi connectivity index (χ1v) is 6.75. The molecule has 0 spiro atoms. The summed E-state index contributed by atoms with van der Waals surface area (Å²) in [5.74, 6) is -0.867. The Hall–Kier alpha value is -2.49. The molecule has 2 aliphatic heterocycles. The first-order valence-electron chi connectivity index (χ1n) is 6.75. The smallest absolute Gasteiger partial charge is 0.409 e. The Balaban J connectivity index is 1.78. The van der Waals surface area contributed by atoms with E-state index in [0.29, 0.717) is 16.2 Å². The van der Waals surface area contributed by atoms with Crippen LogP contribution in [-0.2, 0) is 14.4 Å². The molecule has 1 atom stereocenters. The van der Waals surface area contributed by atoms with Crippen LogP contribution in [0.1, 0.15) is 12.5 Å². The van der Waals surface area contributed by atoms with Crippen molar-refractivity contribution < 1.29 is 32.5 Å². The number of ether oxygens (including phenoxy) is 1. The molecule has 1 unspecified atom stereocenters. The van der Waals surface area contributed by atoms with Crippen molar-refractivity contribution in [2.24, 2.45) is 0 Å². The Labute approximate surface area is 129 Å². The third-order valence-electron chi connectivity index (χ3n) is 3.47. The average Bonchev–Trinajstić information content (AvgIpc) is 3.10. The van der Waals surface area contributed by atoms with Crippen molar-refractivity contribution in [1.82, 2.24) is 15.1 Å². The van der Waals surface area contributed by atoms with E-state index in [1.807, 2.05) is 0 Å². The Kier molecular flexibility index (Phi) is 3.76. The Morgan fingerprint density at radius 3 is 3.00 bits per heavy atom. The van der Waals surface area contributed by atoms with Crippen LogP contribution in [0.25, 0.3) is 5.57 Å². The molecule has 3 rings (SSSR count). The van der Waals surface area contributed by atoms with E-state index in [4.69, 9.17) is 4.52 Å². The van der Waals surface area contributed by atoms with Gasteiger partial charge < -0.3 is 14.2 Å². The van der Waals surface area contributed by atoms with Crippen molar-refractivity contribution in [3.8, 4) is 0 Å². The van der Waals surface area contributed by atoms with E-state index in [0.717, 1.165) is 6.92 Å². The van der Waals surface area contributed by atoms with Crippen molar-refractivity contribution in [2.45, 2.75) is 19.1 Å². The van der Waals surface area contributed by atoms with E-state index >= 15 is 0 Å². The second-order valence-corrected chi connectivity index (χ2v) is 5.11. The zero-order valence-corrected chi connectivity index (χ0v) is 12.1. The Morgan fingerprint density at radius 1 is 1.57 bits per heavy atom. The molecule has 2 aliphatic rings. The van der Waals surface area contributed by atoms with Gasteiger partial charge in [-0.25, -0.2) is 4.79 Å². The predicted molar refractivity (Wildman–Crippen MR) is 69.7 cm³/mol. The lowest BCUT2D eigenvalue weighted by Crippen LogP contribution is -2.43. The summed E-state index contributed by atoms with van der Waals surface area (Å²) >= 11 is 0. The highest BCUT2D eigenvalue weighted by Crippen LogP contribution is 2.34. The predicted octanol–water partition coefficient (Wildman–Crippen LogP) is 1.27. The van der Waals surface area contributed by atoms with Crippen LogP contribution < -0.4 is 0 Å². The van der Waals surface area contributed by atoms with E-state index in [2.05, 4.69) is 14.7 Å². The number of urea groups is 1. The number of esters is 1. The minimum absolute atomic E-state index is 0.208. The summed E-state index contributed by atoms with van der Waals surface area (Å²) in [6, 6.07) is -1.40. The fourth-order valence-electron chi connectivity index (χ4n) is 2.47. The number of carbonyl (C=O) groups is 2. The number of fused-ring (bicyclic) bond motifs is 2. The van der Waals surface area contributed by atoms with Gasteiger partial charge in [-0.15, -0.1) is 0 Å². The number of amides is 2. The Morgan fingerprint density at radius 2 is 2.35 bits per heavy atom. The van der Waals surface area contributed by atoms with Crippen LogP contribution in [0.3, 0.4) is 0 Å². The van der Waals surface area contributed by atoms with Crippen LogP contribution in [-0.4, -0.2) is 59.0 Å². The lowest BCUT2D eigenvalue weighted by molar-refractivity contribution is -0.346. The van der Waals surface area contributed by atoms with E-state index < -0.39 is 30.8 Å². The first kappa shape index (κ1) is 15.4. The van der Waals surface area contributed by atoms with Gasteiger partial charge in [0.2, 0.25) is 0 Å². The van der Waals surface area contributed by atoms with Gasteiger partial charge in [0.05, 0.1) is 12.7 Å². The topological polar surface area (TPSA) is 85.1 Å². The molecule has 0 aliphatic carbocycles. The van der Waals surface area contributed by atoms with Crippen molar-refractivity contribution in [2.75, 3.05) is 19.7 Å². The minimum atomic E-state index is -3.82. The van der Waals surface area contributed by atoms with Gasteiger partial charge in [-0.05, 0) is 5.57 Å². The summed E-state index contributed by atoms with van der Waals surface area (Å²) in [6.07, 6.45) is 0.699. The zero-order chi connectivity index (χ0) is 16.6. The standard InChI is InChI=1S/C13H13F2N3O5/c1-8(19)21-7-13(14,15)23-18-11-5-17(12(18)20)3-2-10(11)9-4-16-22-6-9/h2,4,6,11H,3,5,7H2,1H3. The number of alkyl halides is 2. The zero-order valence-electron chi connectivity index (χ0n) is 12.1. The van der Waals surface area contributed by atoms with E-state index in [9.17, 15) is 18.4 Å². The second kappa shape index (κ2) is 5.61. The van der Waals surface area contributed by atoms with Gasteiger partial charge in [0.1, 0.15) is 12.3 Å². The normalized spacial score (nSPS) is 20.7. The van der Waals surface area contributed by atoms with Gasteiger partial charge >= 0.3 is 18.1 Å². The summed E-state index contributed by atoms with van der Waals surface area (Å²) < 4.78 is 36.6. The van der Waals surface area contributed by atoms with Gasteiger partial charge in [0, 0.05) is 19.0 Å². The van der Waals surface area contributed by atoms with Crippen LogP contribution in [0.5, 0.6) is 0 Å². The summed E-state index contributed by atoms with van der Waals surface area (Å²) in [4.78, 5) is 28.7. The fraction of sp³-hybridized carbons (Fsp3) is 0.462. The molecule has 0 aromatic carbocycles. The second-order valence-electron chi connectivity index (χ2n) is 5.11. The summed E-state index contributed by atoms with van der Waals surface area (Å²) in [5.41, 5.74) is 1.19. The number of halogens is 2. The SMILES string of the molecule is CC(=O)OCC(F)(F)ON1C(=O)N2CC=C(c3cnoc3)C1C2. The highest BCUT2D eigenvalue weighted by Gasteiger charge is 2.48. The maximum Gasteiger partial charge on any atom is 0.409 e. The third-order valence-corrected chi connectivity index (χ3v) is 3.47. The molecule has 0 radical (unpaired) electrons. The van der Waals surface area contributed by atoms with Gasteiger partial charge in [0.25, 0.3) is 0 Å².